The van der Waals surface area contributed by atoms with Gasteiger partial charge in [-0.3, -0.25) is 14.2 Å². The standard InChI is InChI=1S/C21H20N4O3S/c1-13(11-28-2)25-20(27)15-8-4-6-10-17(15)23-21(25)29-12-18-22-16-9-5-3-7-14(16)19(26)24-18/h3-10,13H,11-12H2,1-2H3,(H,22,24,26)/t13-/m0/s1. The Bertz CT molecular complexity index is 1300. The zero-order valence-electron chi connectivity index (χ0n) is 16.1. The highest BCUT2D eigenvalue weighted by molar-refractivity contribution is 7.98. The van der Waals surface area contributed by atoms with Crippen molar-refractivity contribution >= 4 is 33.6 Å². The zero-order valence-corrected chi connectivity index (χ0v) is 16.9. The molecule has 1 N–H and O–H groups in total. The third-order valence-corrected chi connectivity index (χ3v) is 5.59. The van der Waals surface area contributed by atoms with Gasteiger partial charge in [-0.05, 0) is 31.2 Å². The van der Waals surface area contributed by atoms with Crippen LogP contribution in [-0.2, 0) is 10.5 Å². The maximum atomic E-state index is 13.1. The average molecular weight is 408 g/mol. The van der Waals surface area contributed by atoms with Crippen molar-refractivity contribution in [3.63, 3.8) is 0 Å². The highest BCUT2D eigenvalue weighted by atomic mass is 32.2. The molecule has 0 spiro atoms. The van der Waals surface area contributed by atoms with Crippen LogP contribution in [0.4, 0.5) is 0 Å². The molecule has 0 saturated heterocycles. The minimum absolute atomic E-state index is 0.109. The lowest BCUT2D eigenvalue weighted by atomic mass is 10.2. The van der Waals surface area contributed by atoms with Gasteiger partial charge in [-0.1, -0.05) is 36.0 Å². The number of nitrogens with zero attached hydrogens (tertiary/aromatic N) is 3. The topological polar surface area (TPSA) is 89.9 Å². The minimum Gasteiger partial charge on any atom is -0.383 e. The number of rotatable bonds is 6. The third-order valence-electron chi connectivity index (χ3n) is 4.62. The molecule has 2 aromatic heterocycles. The number of fused-ring (bicyclic) bond motifs is 2. The number of hydrogen-bond donors (Lipinski definition) is 1. The van der Waals surface area contributed by atoms with Crippen molar-refractivity contribution in [2.75, 3.05) is 13.7 Å². The van der Waals surface area contributed by atoms with Crippen molar-refractivity contribution in [2.45, 2.75) is 23.9 Å². The van der Waals surface area contributed by atoms with Gasteiger partial charge in [0.1, 0.15) is 5.82 Å². The van der Waals surface area contributed by atoms with Crippen LogP contribution in [0.25, 0.3) is 21.8 Å². The van der Waals surface area contributed by atoms with E-state index in [4.69, 9.17) is 4.74 Å². The number of hydrogen-bond acceptors (Lipinski definition) is 6. The van der Waals surface area contributed by atoms with Crippen LogP contribution in [-0.4, -0.2) is 33.2 Å². The van der Waals surface area contributed by atoms with Crippen molar-refractivity contribution < 1.29 is 4.74 Å². The van der Waals surface area contributed by atoms with E-state index in [1.54, 1.807) is 23.8 Å². The Balaban J connectivity index is 1.74. The number of ether oxygens (including phenoxy) is 1. The van der Waals surface area contributed by atoms with Crippen LogP contribution in [0.1, 0.15) is 18.8 Å². The number of aromatic nitrogens is 4. The van der Waals surface area contributed by atoms with E-state index in [-0.39, 0.29) is 17.2 Å². The van der Waals surface area contributed by atoms with Gasteiger partial charge in [0.2, 0.25) is 0 Å². The van der Waals surface area contributed by atoms with Crippen molar-refractivity contribution in [3.05, 3.63) is 75.1 Å². The second-order valence-electron chi connectivity index (χ2n) is 6.71. The second kappa shape index (κ2) is 8.18. The molecule has 0 aliphatic carbocycles. The van der Waals surface area contributed by atoms with Gasteiger partial charge < -0.3 is 9.72 Å². The predicted molar refractivity (Wildman–Crippen MR) is 115 cm³/mol. The number of H-pyrrole nitrogens is 1. The molecule has 4 aromatic rings. The lowest BCUT2D eigenvalue weighted by molar-refractivity contribution is 0.156. The molecular formula is C21H20N4O3S. The highest BCUT2D eigenvalue weighted by Crippen LogP contribution is 2.23. The van der Waals surface area contributed by atoms with Gasteiger partial charge >= 0.3 is 0 Å². The van der Waals surface area contributed by atoms with Crippen molar-refractivity contribution in [3.8, 4) is 0 Å². The van der Waals surface area contributed by atoms with Crippen LogP contribution < -0.4 is 11.1 Å². The number of methoxy groups -OCH3 is 1. The first-order chi connectivity index (χ1) is 14.1. The summed E-state index contributed by atoms with van der Waals surface area (Å²) in [6.45, 7) is 2.31. The molecule has 4 rings (SSSR count). The fraction of sp³-hybridized carbons (Fsp3) is 0.238. The van der Waals surface area contributed by atoms with E-state index in [1.165, 1.54) is 11.8 Å². The number of benzene rings is 2. The molecule has 2 aromatic carbocycles. The van der Waals surface area contributed by atoms with Crippen molar-refractivity contribution in [1.82, 2.24) is 19.5 Å². The van der Waals surface area contributed by atoms with Gasteiger partial charge in [-0.2, -0.15) is 0 Å². The molecule has 0 radical (unpaired) electrons. The molecule has 0 fully saturated rings. The smallest absolute Gasteiger partial charge is 0.262 e. The predicted octanol–water partition coefficient (Wildman–Crippen LogP) is 3.13. The molecule has 29 heavy (non-hydrogen) atoms. The number of nitrogens with one attached hydrogen (secondary N) is 1. The summed E-state index contributed by atoms with van der Waals surface area (Å²) in [5.74, 6) is 0.914. The van der Waals surface area contributed by atoms with E-state index in [0.717, 1.165) is 0 Å². The van der Waals surface area contributed by atoms with Gasteiger partial charge in [0.15, 0.2) is 5.16 Å². The summed E-state index contributed by atoms with van der Waals surface area (Å²) in [6, 6.07) is 14.3. The first-order valence-electron chi connectivity index (χ1n) is 9.19. The van der Waals surface area contributed by atoms with Crippen molar-refractivity contribution in [1.29, 1.82) is 0 Å². The summed E-state index contributed by atoms with van der Waals surface area (Å²) in [5, 5.41) is 1.68. The Kier molecular flexibility index (Phi) is 5.46. The first kappa shape index (κ1) is 19.4. The summed E-state index contributed by atoms with van der Waals surface area (Å²) in [4.78, 5) is 37.4. The van der Waals surface area contributed by atoms with E-state index in [2.05, 4.69) is 15.0 Å². The summed E-state index contributed by atoms with van der Waals surface area (Å²) in [6.07, 6.45) is 0. The molecule has 0 unspecified atom stereocenters. The number of thioether (sulfide) groups is 1. The monoisotopic (exact) mass is 408 g/mol. The third kappa shape index (κ3) is 3.81. The van der Waals surface area contributed by atoms with Crippen LogP contribution >= 0.6 is 11.8 Å². The maximum Gasteiger partial charge on any atom is 0.262 e. The Morgan fingerprint density at radius 2 is 1.69 bits per heavy atom. The molecule has 1 atom stereocenters. The van der Waals surface area contributed by atoms with E-state index >= 15 is 0 Å². The molecule has 0 aliphatic rings. The van der Waals surface area contributed by atoms with E-state index in [0.29, 0.717) is 45.1 Å². The van der Waals surface area contributed by atoms with Crippen LogP contribution in [0, 0.1) is 0 Å². The molecule has 0 bridgehead atoms. The highest BCUT2D eigenvalue weighted by Gasteiger charge is 2.17. The molecular weight excluding hydrogens is 388 g/mol. The fourth-order valence-corrected chi connectivity index (χ4v) is 4.24. The Labute approximate surface area is 170 Å². The minimum atomic E-state index is -0.185. The molecule has 148 valence electrons. The number of para-hydroxylation sites is 2. The summed E-state index contributed by atoms with van der Waals surface area (Å²) >= 11 is 1.36. The average Bonchev–Trinajstić information content (AvgIpc) is 2.72. The Morgan fingerprint density at radius 1 is 1.03 bits per heavy atom. The van der Waals surface area contributed by atoms with Crippen LogP contribution in [0.2, 0.25) is 0 Å². The van der Waals surface area contributed by atoms with Crippen molar-refractivity contribution in [2.24, 2.45) is 0 Å². The molecule has 7 nitrogen and oxygen atoms in total. The Hall–Kier alpha value is -2.97. The quantitative estimate of drug-likeness (QED) is 0.389. The SMILES string of the molecule is COC[C@H](C)n1c(SCc2nc3ccccc3c(=O)[nH]2)nc2ccccc2c1=O. The second-order valence-corrected chi connectivity index (χ2v) is 7.65. The summed E-state index contributed by atoms with van der Waals surface area (Å²) in [5.41, 5.74) is 0.995. The first-order valence-corrected chi connectivity index (χ1v) is 10.2. The molecule has 2 heterocycles. The zero-order chi connectivity index (χ0) is 20.4. The summed E-state index contributed by atoms with van der Waals surface area (Å²) < 4.78 is 6.90. The molecule has 0 aliphatic heterocycles. The van der Waals surface area contributed by atoms with E-state index in [1.807, 2.05) is 43.3 Å². The lowest BCUT2D eigenvalue weighted by Crippen LogP contribution is -2.28. The largest absolute Gasteiger partial charge is 0.383 e. The molecule has 0 amide bonds. The van der Waals surface area contributed by atoms with Crippen LogP contribution in [0.3, 0.4) is 0 Å². The normalized spacial score (nSPS) is 12.5. The number of aromatic amines is 1. The van der Waals surface area contributed by atoms with Crippen LogP contribution in [0.5, 0.6) is 0 Å². The Morgan fingerprint density at radius 3 is 2.41 bits per heavy atom. The van der Waals surface area contributed by atoms with E-state index in [9.17, 15) is 9.59 Å². The summed E-state index contributed by atoms with van der Waals surface area (Å²) in [7, 11) is 1.60. The van der Waals surface area contributed by atoms with Gasteiger partial charge in [0.25, 0.3) is 11.1 Å². The molecule has 8 heteroatoms. The fourth-order valence-electron chi connectivity index (χ4n) is 3.27. The lowest BCUT2D eigenvalue weighted by Gasteiger charge is -2.18. The van der Waals surface area contributed by atoms with Crippen LogP contribution in [0.15, 0.2) is 63.3 Å². The van der Waals surface area contributed by atoms with Gasteiger partial charge in [0.05, 0.1) is 40.2 Å². The van der Waals surface area contributed by atoms with E-state index < -0.39 is 0 Å². The maximum absolute atomic E-state index is 13.1. The van der Waals surface area contributed by atoms with Gasteiger partial charge in [-0.25, -0.2) is 9.97 Å². The van der Waals surface area contributed by atoms with Gasteiger partial charge in [0, 0.05) is 7.11 Å². The van der Waals surface area contributed by atoms with Gasteiger partial charge in [-0.15, -0.1) is 0 Å². The molecule has 0 saturated carbocycles.